The maximum atomic E-state index is 12.4. The fourth-order valence-corrected chi connectivity index (χ4v) is 3.14. The van der Waals surface area contributed by atoms with Crippen molar-refractivity contribution in [2.45, 2.75) is 33.7 Å². The van der Waals surface area contributed by atoms with Crippen molar-refractivity contribution in [2.75, 3.05) is 6.61 Å². The molecule has 0 radical (unpaired) electrons. The normalized spacial score (nSPS) is 10.8. The lowest BCUT2D eigenvalue weighted by Gasteiger charge is -2.13. The average Bonchev–Trinajstić information content (AvgIpc) is 2.86. The van der Waals surface area contributed by atoms with Gasteiger partial charge in [-0.2, -0.15) is 0 Å². The molecule has 0 amide bonds. The van der Waals surface area contributed by atoms with E-state index in [2.05, 4.69) is 0 Å². The molecule has 0 aliphatic rings. The third kappa shape index (κ3) is 3.94. The first-order valence-corrected chi connectivity index (χ1v) is 8.34. The number of benzene rings is 1. The molecule has 8 heteroatoms. The van der Waals surface area contributed by atoms with Crippen LogP contribution >= 0.6 is 11.6 Å². The molecule has 0 saturated heterocycles. The molecule has 2 aromatic rings. The van der Waals surface area contributed by atoms with E-state index in [1.807, 2.05) is 32.3 Å². The Morgan fingerprint density at radius 1 is 1.23 bits per heavy atom. The van der Waals surface area contributed by atoms with Crippen LogP contribution in [0.5, 0.6) is 0 Å². The largest absolute Gasteiger partial charge is 0.454 e. The smallest absolute Gasteiger partial charge is 0.345 e. The highest BCUT2D eigenvalue weighted by atomic mass is 35.5. The zero-order chi connectivity index (χ0) is 19.6. The average molecular weight is 379 g/mol. The maximum Gasteiger partial charge on any atom is 0.345 e. The number of halogens is 1. The van der Waals surface area contributed by atoms with Crippen LogP contribution < -0.4 is 0 Å². The highest BCUT2D eigenvalue weighted by Crippen LogP contribution is 2.24. The van der Waals surface area contributed by atoms with E-state index in [0.717, 1.165) is 23.5 Å². The fraction of sp³-hybridized carbons (Fsp3) is 0.333. The quantitative estimate of drug-likeness (QED) is 0.323. The van der Waals surface area contributed by atoms with Gasteiger partial charge in [0.1, 0.15) is 5.56 Å². The zero-order valence-corrected chi connectivity index (χ0v) is 15.7. The van der Waals surface area contributed by atoms with Crippen molar-refractivity contribution >= 4 is 29.0 Å². The minimum atomic E-state index is -0.967. The number of nitrogens with zero attached hydrogens (tertiary/aromatic N) is 2. The molecule has 0 bridgehead atoms. The zero-order valence-electron chi connectivity index (χ0n) is 14.9. The monoisotopic (exact) mass is 378 g/mol. The maximum absolute atomic E-state index is 12.4. The third-order valence-corrected chi connectivity index (χ3v) is 4.25. The molecule has 26 heavy (non-hydrogen) atoms. The Balaban J connectivity index is 2.18. The van der Waals surface area contributed by atoms with Crippen molar-refractivity contribution in [3.05, 3.63) is 61.9 Å². The molecular formula is C18H19ClN2O5. The van der Waals surface area contributed by atoms with Crippen molar-refractivity contribution in [2.24, 2.45) is 0 Å². The van der Waals surface area contributed by atoms with Gasteiger partial charge in [0, 0.05) is 34.1 Å². The fourth-order valence-electron chi connectivity index (χ4n) is 2.97. The van der Waals surface area contributed by atoms with E-state index >= 15 is 0 Å². The molecule has 0 fully saturated rings. The summed E-state index contributed by atoms with van der Waals surface area (Å²) < 4.78 is 7.00. The predicted octanol–water partition coefficient (Wildman–Crippen LogP) is 4.29. The van der Waals surface area contributed by atoms with Crippen molar-refractivity contribution in [3.63, 3.8) is 0 Å². The van der Waals surface area contributed by atoms with Gasteiger partial charge < -0.3 is 9.30 Å². The number of aromatic nitrogens is 1. The number of aryl methyl sites for hydroxylation is 1. The van der Waals surface area contributed by atoms with Crippen LogP contribution in [-0.2, 0) is 4.74 Å². The SMILES string of the molecule is Cc1cc(C(=O)COC(=O)c2cc(Cl)ccc2[N+](=O)[O-])c(C)n1C(C)C. The number of hydrogen-bond donors (Lipinski definition) is 0. The van der Waals surface area contributed by atoms with Crippen LogP contribution in [0.3, 0.4) is 0 Å². The van der Waals surface area contributed by atoms with E-state index in [1.54, 1.807) is 6.07 Å². The van der Waals surface area contributed by atoms with Crippen LogP contribution in [0.2, 0.25) is 5.02 Å². The highest BCUT2D eigenvalue weighted by molar-refractivity contribution is 6.31. The van der Waals surface area contributed by atoms with E-state index in [-0.39, 0.29) is 22.4 Å². The van der Waals surface area contributed by atoms with E-state index in [1.165, 1.54) is 6.07 Å². The van der Waals surface area contributed by atoms with Gasteiger partial charge in [0.2, 0.25) is 5.78 Å². The summed E-state index contributed by atoms with van der Waals surface area (Å²) in [6.07, 6.45) is 0. The summed E-state index contributed by atoms with van der Waals surface area (Å²) in [5, 5.41) is 11.2. The Hall–Kier alpha value is -2.67. The lowest BCUT2D eigenvalue weighted by atomic mass is 10.1. The number of carbonyl (C=O) groups excluding carboxylic acids is 2. The second-order valence-corrected chi connectivity index (χ2v) is 6.60. The van der Waals surface area contributed by atoms with Crippen molar-refractivity contribution in [1.29, 1.82) is 0 Å². The van der Waals surface area contributed by atoms with Crippen LogP contribution in [0, 0.1) is 24.0 Å². The number of carbonyl (C=O) groups is 2. The molecule has 0 aliphatic heterocycles. The molecule has 0 N–H and O–H groups in total. The number of Topliss-reactive ketones (excluding diaryl/α,β-unsaturated/α-hetero) is 1. The van der Waals surface area contributed by atoms with Gasteiger partial charge in [-0.25, -0.2) is 4.79 Å². The molecule has 1 aromatic heterocycles. The van der Waals surface area contributed by atoms with Gasteiger partial charge in [-0.3, -0.25) is 14.9 Å². The van der Waals surface area contributed by atoms with E-state index in [9.17, 15) is 19.7 Å². The molecule has 0 atom stereocenters. The summed E-state index contributed by atoms with van der Waals surface area (Å²) in [7, 11) is 0. The molecule has 1 heterocycles. The lowest BCUT2D eigenvalue weighted by Crippen LogP contribution is -2.16. The summed E-state index contributed by atoms with van der Waals surface area (Å²) in [4.78, 5) is 34.9. The van der Waals surface area contributed by atoms with E-state index in [4.69, 9.17) is 16.3 Å². The van der Waals surface area contributed by atoms with Gasteiger partial charge in [-0.1, -0.05) is 11.6 Å². The lowest BCUT2D eigenvalue weighted by molar-refractivity contribution is -0.385. The molecule has 0 saturated carbocycles. The molecule has 7 nitrogen and oxygen atoms in total. The van der Waals surface area contributed by atoms with Crippen LogP contribution in [0.25, 0.3) is 0 Å². The number of ketones is 1. The van der Waals surface area contributed by atoms with Gasteiger partial charge in [-0.15, -0.1) is 0 Å². The summed E-state index contributed by atoms with van der Waals surface area (Å²) in [6, 6.07) is 5.51. The molecule has 1 aromatic carbocycles. The van der Waals surface area contributed by atoms with Crippen molar-refractivity contribution < 1.29 is 19.2 Å². The van der Waals surface area contributed by atoms with Crippen LogP contribution in [0.1, 0.15) is 52.0 Å². The second kappa shape index (κ2) is 7.70. The standard InChI is InChI=1S/C18H19ClN2O5/c1-10(2)20-11(3)7-14(12(20)4)17(22)9-26-18(23)15-8-13(19)5-6-16(15)21(24)25/h5-8,10H,9H2,1-4H3. The van der Waals surface area contributed by atoms with Gasteiger partial charge in [0.25, 0.3) is 5.69 Å². The third-order valence-electron chi connectivity index (χ3n) is 4.01. The van der Waals surface area contributed by atoms with Crippen LogP contribution in [-0.4, -0.2) is 27.8 Å². The van der Waals surface area contributed by atoms with Gasteiger partial charge >= 0.3 is 5.97 Å². The van der Waals surface area contributed by atoms with E-state index in [0.29, 0.717) is 5.56 Å². The number of ether oxygens (including phenoxy) is 1. The molecule has 0 unspecified atom stereocenters. The molecule has 2 rings (SSSR count). The molecule has 0 aliphatic carbocycles. The minimum absolute atomic E-state index is 0.161. The number of nitro benzene ring substituents is 1. The van der Waals surface area contributed by atoms with Gasteiger partial charge in [0.15, 0.2) is 6.61 Å². The molecule has 0 spiro atoms. The second-order valence-electron chi connectivity index (χ2n) is 6.17. The summed E-state index contributed by atoms with van der Waals surface area (Å²) in [5.74, 6) is -1.34. The summed E-state index contributed by atoms with van der Waals surface area (Å²) in [6.45, 7) is 7.22. The van der Waals surface area contributed by atoms with Crippen molar-refractivity contribution in [1.82, 2.24) is 4.57 Å². The van der Waals surface area contributed by atoms with Crippen molar-refractivity contribution in [3.8, 4) is 0 Å². The number of hydrogen-bond acceptors (Lipinski definition) is 5. The summed E-state index contributed by atoms with van der Waals surface area (Å²) in [5.41, 5.74) is 1.46. The first kappa shape index (κ1) is 19.7. The number of esters is 1. The Bertz CT molecular complexity index is 886. The first-order chi connectivity index (χ1) is 12.1. The number of rotatable bonds is 6. The minimum Gasteiger partial charge on any atom is -0.454 e. The van der Waals surface area contributed by atoms with Crippen LogP contribution in [0.4, 0.5) is 5.69 Å². The Morgan fingerprint density at radius 2 is 1.88 bits per heavy atom. The Morgan fingerprint density at radius 3 is 2.42 bits per heavy atom. The predicted molar refractivity (Wildman–Crippen MR) is 97.0 cm³/mol. The Kier molecular flexibility index (Phi) is 5.82. The highest BCUT2D eigenvalue weighted by Gasteiger charge is 2.24. The van der Waals surface area contributed by atoms with Gasteiger partial charge in [0.05, 0.1) is 4.92 Å². The van der Waals surface area contributed by atoms with Gasteiger partial charge in [-0.05, 0) is 45.9 Å². The topological polar surface area (TPSA) is 91.4 Å². The number of nitro groups is 1. The van der Waals surface area contributed by atoms with Crippen LogP contribution in [0.15, 0.2) is 24.3 Å². The molecular weight excluding hydrogens is 360 g/mol. The summed E-state index contributed by atoms with van der Waals surface area (Å²) >= 11 is 5.79. The Labute approximate surface area is 155 Å². The van der Waals surface area contributed by atoms with E-state index < -0.39 is 23.2 Å². The first-order valence-electron chi connectivity index (χ1n) is 7.96. The molecule has 138 valence electrons.